The van der Waals surface area contributed by atoms with Gasteiger partial charge in [0.25, 0.3) is 5.92 Å². The summed E-state index contributed by atoms with van der Waals surface area (Å²) in [5, 5.41) is 21.3. The van der Waals surface area contributed by atoms with Crippen LogP contribution in [0.5, 0.6) is 6.01 Å². The standard InChI is InChI=1S/C30H33F2N7O3/c1-36-19-30(31,32)15-22(36)18-42-28-34-25-17-37(26-8-4-6-20-5-2-3-7-23(20)26)12-10-24(25)27(35-28)38-13-14-39(29(40)41)21(16-38)9-11-33/h2-8,21-22H,9-10,12-19H2,1H3,(H,40,41). The van der Waals surface area contributed by atoms with E-state index in [4.69, 9.17) is 14.7 Å². The highest BCUT2D eigenvalue weighted by Gasteiger charge is 2.43. The number of anilines is 2. The molecule has 2 atom stereocenters. The smallest absolute Gasteiger partial charge is 0.407 e. The van der Waals surface area contributed by atoms with E-state index in [0.717, 1.165) is 34.3 Å². The van der Waals surface area contributed by atoms with Gasteiger partial charge in [0.05, 0.1) is 37.3 Å². The summed E-state index contributed by atoms with van der Waals surface area (Å²) < 4.78 is 34.0. The molecule has 4 heterocycles. The molecule has 42 heavy (non-hydrogen) atoms. The maximum Gasteiger partial charge on any atom is 0.407 e. The van der Waals surface area contributed by atoms with Crippen molar-refractivity contribution in [3.05, 3.63) is 53.7 Å². The molecule has 1 amide bonds. The number of alkyl halides is 2. The van der Waals surface area contributed by atoms with Crippen LogP contribution in [0.15, 0.2) is 42.5 Å². The van der Waals surface area contributed by atoms with Crippen molar-refractivity contribution >= 4 is 28.4 Å². The summed E-state index contributed by atoms with van der Waals surface area (Å²) in [4.78, 5) is 28.5. The number of likely N-dealkylation sites (tertiary alicyclic amines) is 1. The Kier molecular flexibility index (Phi) is 7.45. The Bertz CT molecular complexity index is 1530. The molecule has 1 N–H and O–H groups in total. The fraction of sp³-hybridized carbons (Fsp3) is 0.467. The molecule has 1 aromatic heterocycles. The zero-order valence-corrected chi connectivity index (χ0v) is 23.4. The van der Waals surface area contributed by atoms with Gasteiger partial charge in [0.2, 0.25) is 0 Å². The Morgan fingerprint density at radius 3 is 2.69 bits per heavy atom. The molecule has 3 aromatic rings. The van der Waals surface area contributed by atoms with Gasteiger partial charge >= 0.3 is 12.1 Å². The largest absolute Gasteiger partial charge is 0.465 e. The first kappa shape index (κ1) is 27.9. The predicted octanol–water partition coefficient (Wildman–Crippen LogP) is 3.99. The first-order valence-electron chi connectivity index (χ1n) is 14.2. The number of carbonyl (C=O) groups is 1. The van der Waals surface area contributed by atoms with E-state index in [1.165, 1.54) is 4.90 Å². The lowest BCUT2D eigenvalue weighted by atomic mass is 10.0. The number of rotatable bonds is 6. The SMILES string of the molecule is CN1CC(F)(F)CC1COc1nc2c(c(N3CCN(C(=O)O)C(CC#N)C3)n1)CCN(c1cccc3ccccc13)C2. The minimum atomic E-state index is -2.76. The number of hydrogen-bond acceptors (Lipinski definition) is 8. The van der Waals surface area contributed by atoms with Crippen LogP contribution in [0.3, 0.4) is 0 Å². The lowest BCUT2D eigenvalue weighted by Crippen LogP contribution is -2.55. The molecule has 2 unspecified atom stereocenters. The van der Waals surface area contributed by atoms with Gasteiger partial charge in [-0.05, 0) is 24.9 Å². The Morgan fingerprint density at radius 1 is 1.12 bits per heavy atom. The lowest BCUT2D eigenvalue weighted by Gasteiger charge is -2.41. The third-order valence-corrected chi connectivity index (χ3v) is 8.53. The molecular weight excluding hydrogens is 544 g/mol. The minimum absolute atomic E-state index is 0.0290. The molecular formula is C30H33F2N7O3. The second-order valence-corrected chi connectivity index (χ2v) is 11.3. The van der Waals surface area contributed by atoms with Gasteiger partial charge in [0.15, 0.2) is 0 Å². The summed E-state index contributed by atoms with van der Waals surface area (Å²) in [6.07, 6.45) is -0.611. The summed E-state index contributed by atoms with van der Waals surface area (Å²) in [6.45, 7) is 1.91. The summed E-state index contributed by atoms with van der Waals surface area (Å²) in [5.74, 6) is -2.10. The second-order valence-electron chi connectivity index (χ2n) is 11.3. The molecule has 6 rings (SSSR count). The van der Waals surface area contributed by atoms with Crippen molar-refractivity contribution in [3.8, 4) is 12.1 Å². The van der Waals surface area contributed by atoms with E-state index in [-0.39, 0.29) is 38.5 Å². The number of hydrogen-bond donors (Lipinski definition) is 1. The van der Waals surface area contributed by atoms with Crippen LogP contribution < -0.4 is 14.5 Å². The number of amides is 1. The van der Waals surface area contributed by atoms with E-state index in [1.807, 2.05) is 23.1 Å². The van der Waals surface area contributed by atoms with Crippen molar-refractivity contribution < 1.29 is 23.4 Å². The molecule has 3 aliphatic heterocycles. The van der Waals surface area contributed by atoms with Gasteiger partial charge in [-0.3, -0.25) is 4.90 Å². The number of carboxylic acid groups (broad SMARTS) is 1. The van der Waals surface area contributed by atoms with E-state index in [0.29, 0.717) is 31.9 Å². The van der Waals surface area contributed by atoms with Gasteiger partial charge in [-0.25, -0.2) is 13.6 Å². The highest BCUT2D eigenvalue weighted by Crippen LogP contribution is 2.35. The summed E-state index contributed by atoms with van der Waals surface area (Å²) >= 11 is 0. The van der Waals surface area contributed by atoms with Crippen molar-refractivity contribution in [1.82, 2.24) is 19.8 Å². The average Bonchev–Trinajstić information content (AvgIpc) is 3.25. The molecule has 2 fully saturated rings. The zero-order valence-electron chi connectivity index (χ0n) is 23.4. The van der Waals surface area contributed by atoms with Crippen LogP contribution in [0.2, 0.25) is 0 Å². The zero-order chi connectivity index (χ0) is 29.4. The molecule has 10 nitrogen and oxygen atoms in total. The highest BCUT2D eigenvalue weighted by molar-refractivity contribution is 5.94. The molecule has 220 valence electrons. The van der Waals surface area contributed by atoms with Crippen LogP contribution in [-0.4, -0.2) is 95.4 Å². The first-order chi connectivity index (χ1) is 20.2. The third kappa shape index (κ3) is 5.48. The van der Waals surface area contributed by atoms with Crippen LogP contribution in [-0.2, 0) is 13.0 Å². The average molecular weight is 578 g/mol. The number of likely N-dealkylation sites (N-methyl/N-ethyl adjacent to an activating group) is 1. The third-order valence-electron chi connectivity index (χ3n) is 8.53. The van der Waals surface area contributed by atoms with Crippen molar-refractivity contribution in [2.45, 2.75) is 43.8 Å². The van der Waals surface area contributed by atoms with Crippen molar-refractivity contribution in [1.29, 1.82) is 5.26 Å². The number of halogens is 2. The first-order valence-corrected chi connectivity index (χ1v) is 14.2. The Hall–Kier alpha value is -4.24. The Labute approximate surface area is 242 Å². The summed E-state index contributed by atoms with van der Waals surface area (Å²) in [7, 11) is 1.66. The van der Waals surface area contributed by atoms with Crippen LogP contribution in [0.1, 0.15) is 24.1 Å². The van der Waals surface area contributed by atoms with Crippen LogP contribution in [0.4, 0.5) is 25.1 Å². The Morgan fingerprint density at radius 2 is 1.93 bits per heavy atom. The van der Waals surface area contributed by atoms with Gasteiger partial charge in [-0.2, -0.15) is 15.2 Å². The summed E-state index contributed by atoms with van der Waals surface area (Å²) in [5.41, 5.74) is 2.85. The molecule has 2 aromatic carbocycles. The minimum Gasteiger partial charge on any atom is -0.465 e. The maximum absolute atomic E-state index is 14.0. The normalized spacial score (nSPS) is 22.2. The van der Waals surface area contributed by atoms with Gasteiger partial charge < -0.3 is 24.5 Å². The van der Waals surface area contributed by atoms with Crippen LogP contribution in [0.25, 0.3) is 10.8 Å². The van der Waals surface area contributed by atoms with Crippen LogP contribution in [0, 0.1) is 11.3 Å². The maximum atomic E-state index is 14.0. The van der Waals surface area contributed by atoms with E-state index in [1.54, 1.807) is 11.9 Å². The van der Waals surface area contributed by atoms with Crippen molar-refractivity contribution in [2.24, 2.45) is 0 Å². The quantitative estimate of drug-likeness (QED) is 0.465. The number of benzene rings is 2. The van der Waals surface area contributed by atoms with Gasteiger partial charge in [-0.1, -0.05) is 36.4 Å². The molecule has 3 aliphatic rings. The molecule has 2 saturated heterocycles. The molecule has 0 saturated carbocycles. The fourth-order valence-electron chi connectivity index (χ4n) is 6.40. The van der Waals surface area contributed by atoms with Crippen molar-refractivity contribution in [2.75, 3.05) is 56.2 Å². The molecule has 0 radical (unpaired) electrons. The van der Waals surface area contributed by atoms with Gasteiger partial charge in [-0.15, -0.1) is 0 Å². The van der Waals surface area contributed by atoms with E-state index in [9.17, 15) is 23.9 Å². The molecule has 0 bridgehead atoms. The van der Waals surface area contributed by atoms with E-state index < -0.39 is 24.1 Å². The number of ether oxygens (including phenoxy) is 1. The highest BCUT2D eigenvalue weighted by atomic mass is 19.3. The van der Waals surface area contributed by atoms with E-state index in [2.05, 4.69) is 35.2 Å². The monoisotopic (exact) mass is 577 g/mol. The Balaban J connectivity index is 1.32. The van der Waals surface area contributed by atoms with E-state index >= 15 is 0 Å². The van der Waals surface area contributed by atoms with Gasteiger partial charge in [0, 0.05) is 55.3 Å². The number of piperazine rings is 1. The number of aromatic nitrogens is 2. The fourth-order valence-corrected chi connectivity index (χ4v) is 6.40. The topological polar surface area (TPSA) is 109 Å². The molecule has 0 aliphatic carbocycles. The van der Waals surface area contributed by atoms with Crippen LogP contribution >= 0.6 is 0 Å². The summed E-state index contributed by atoms with van der Waals surface area (Å²) in [6, 6.07) is 15.7. The lowest BCUT2D eigenvalue weighted by molar-refractivity contribution is 0.0136. The van der Waals surface area contributed by atoms with Gasteiger partial charge in [0.1, 0.15) is 12.4 Å². The number of nitrogens with zero attached hydrogens (tertiary/aromatic N) is 7. The number of fused-ring (bicyclic) bond motifs is 2. The molecule has 12 heteroatoms. The predicted molar refractivity (Wildman–Crippen MR) is 153 cm³/mol. The molecule has 0 spiro atoms. The second kappa shape index (κ2) is 11.2. The number of nitriles is 1. The van der Waals surface area contributed by atoms with Crippen molar-refractivity contribution in [3.63, 3.8) is 0 Å².